The number of amides is 1. The van der Waals surface area contributed by atoms with Gasteiger partial charge in [0.05, 0.1) is 0 Å². The second kappa shape index (κ2) is 4.93. The molecule has 5 heteroatoms. The molecule has 0 bridgehead atoms. The summed E-state index contributed by atoms with van der Waals surface area (Å²) >= 11 is 0. The molecular weight excluding hydrogens is 192 g/mol. The molecule has 82 valence electrons. The number of aromatic amines is 1. The molecule has 15 heavy (non-hydrogen) atoms. The van der Waals surface area contributed by atoms with E-state index in [4.69, 9.17) is 0 Å². The SMILES string of the molecule is O=C(CC1CCCNC1)Nc1ncc[nH]1. The maximum absolute atomic E-state index is 11.6. The van der Waals surface area contributed by atoms with E-state index >= 15 is 0 Å². The summed E-state index contributed by atoms with van der Waals surface area (Å²) in [4.78, 5) is 18.4. The van der Waals surface area contributed by atoms with Crippen LogP contribution >= 0.6 is 0 Å². The molecule has 1 fully saturated rings. The fourth-order valence-corrected chi connectivity index (χ4v) is 1.88. The fourth-order valence-electron chi connectivity index (χ4n) is 1.88. The Balaban J connectivity index is 1.76. The van der Waals surface area contributed by atoms with Gasteiger partial charge in [-0.3, -0.25) is 10.1 Å². The van der Waals surface area contributed by atoms with Crippen LogP contribution in [-0.2, 0) is 4.79 Å². The first-order valence-corrected chi connectivity index (χ1v) is 5.34. The first-order valence-electron chi connectivity index (χ1n) is 5.34. The van der Waals surface area contributed by atoms with Crippen molar-refractivity contribution in [2.45, 2.75) is 19.3 Å². The number of carbonyl (C=O) groups excluding carboxylic acids is 1. The number of hydrogen-bond acceptors (Lipinski definition) is 3. The Bertz CT molecular complexity index is 303. The molecular formula is C10H16N4O. The van der Waals surface area contributed by atoms with Gasteiger partial charge in [-0.1, -0.05) is 0 Å². The Kier molecular flexibility index (Phi) is 3.34. The van der Waals surface area contributed by atoms with Crippen molar-refractivity contribution in [3.8, 4) is 0 Å². The highest BCUT2D eigenvalue weighted by Gasteiger charge is 2.16. The van der Waals surface area contributed by atoms with Crippen LogP contribution in [0.1, 0.15) is 19.3 Å². The Labute approximate surface area is 88.7 Å². The molecule has 0 aromatic carbocycles. The van der Waals surface area contributed by atoms with Crippen LogP contribution in [0.3, 0.4) is 0 Å². The van der Waals surface area contributed by atoms with E-state index in [9.17, 15) is 4.79 Å². The molecule has 2 heterocycles. The van der Waals surface area contributed by atoms with Crippen molar-refractivity contribution in [3.63, 3.8) is 0 Å². The number of anilines is 1. The Morgan fingerprint density at radius 3 is 3.27 bits per heavy atom. The maximum Gasteiger partial charge on any atom is 0.227 e. The number of rotatable bonds is 3. The molecule has 1 aromatic heterocycles. The van der Waals surface area contributed by atoms with Gasteiger partial charge in [-0.15, -0.1) is 0 Å². The predicted octanol–water partition coefficient (Wildman–Crippen LogP) is 0.738. The molecule has 0 saturated carbocycles. The van der Waals surface area contributed by atoms with E-state index in [1.807, 2.05) is 0 Å². The van der Waals surface area contributed by atoms with Crippen molar-refractivity contribution in [3.05, 3.63) is 12.4 Å². The predicted molar refractivity (Wildman–Crippen MR) is 57.4 cm³/mol. The zero-order chi connectivity index (χ0) is 10.5. The van der Waals surface area contributed by atoms with Gasteiger partial charge < -0.3 is 10.3 Å². The zero-order valence-electron chi connectivity index (χ0n) is 8.62. The second-order valence-corrected chi connectivity index (χ2v) is 3.90. The van der Waals surface area contributed by atoms with Crippen LogP contribution in [0.4, 0.5) is 5.95 Å². The smallest absolute Gasteiger partial charge is 0.227 e. The van der Waals surface area contributed by atoms with Crippen LogP contribution < -0.4 is 10.6 Å². The minimum absolute atomic E-state index is 0.0404. The van der Waals surface area contributed by atoms with Crippen molar-refractivity contribution < 1.29 is 4.79 Å². The number of nitrogens with one attached hydrogen (secondary N) is 3. The van der Waals surface area contributed by atoms with Crippen LogP contribution in [0.15, 0.2) is 12.4 Å². The van der Waals surface area contributed by atoms with Gasteiger partial charge in [0.2, 0.25) is 11.9 Å². The summed E-state index contributed by atoms with van der Waals surface area (Å²) in [5.74, 6) is 1.04. The number of imidazole rings is 1. The summed E-state index contributed by atoms with van der Waals surface area (Å²) in [6.45, 7) is 2.03. The molecule has 0 spiro atoms. The largest absolute Gasteiger partial charge is 0.331 e. The number of aromatic nitrogens is 2. The number of H-pyrrole nitrogens is 1. The van der Waals surface area contributed by atoms with E-state index in [2.05, 4.69) is 20.6 Å². The van der Waals surface area contributed by atoms with Gasteiger partial charge in [0, 0.05) is 18.8 Å². The molecule has 1 amide bonds. The summed E-state index contributed by atoms with van der Waals surface area (Å²) in [5.41, 5.74) is 0. The van der Waals surface area contributed by atoms with Crippen LogP contribution in [0, 0.1) is 5.92 Å². The highest BCUT2D eigenvalue weighted by molar-refractivity contribution is 5.89. The van der Waals surface area contributed by atoms with Crippen molar-refractivity contribution in [1.29, 1.82) is 0 Å². The van der Waals surface area contributed by atoms with Crippen molar-refractivity contribution >= 4 is 11.9 Å². The van der Waals surface area contributed by atoms with Gasteiger partial charge in [-0.05, 0) is 31.8 Å². The minimum atomic E-state index is 0.0404. The van der Waals surface area contributed by atoms with Gasteiger partial charge in [-0.2, -0.15) is 0 Å². The highest BCUT2D eigenvalue weighted by Crippen LogP contribution is 2.14. The zero-order valence-corrected chi connectivity index (χ0v) is 8.62. The molecule has 2 rings (SSSR count). The number of nitrogens with zero attached hydrogens (tertiary/aromatic N) is 1. The minimum Gasteiger partial charge on any atom is -0.331 e. The second-order valence-electron chi connectivity index (χ2n) is 3.90. The third-order valence-corrected chi connectivity index (χ3v) is 2.63. The third-order valence-electron chi connectivity index (χ3n) is 2.63. The van der Waals surface area contributed by atoms with Crippen molar-refractivity contribution in [1.82, 2.24) is 15.3 Å². The van der Waals surface area contributed by atoms with E-state index in [0.29, 0.717) is 18.3 Å². The molecule has 1 aliphatic rings. The first-order chi connectivity index (χ1) is 7.34. The first kappa shape index (κ1) is 10.2. The lowest BCUT2D eigenvalue weighted by atomic mass is 9.96. The van der Waals surface area contributed by atoms with Crippen LogP contribution in [0.5, 0.6) is 0 Å². The summed E-state index contributed by atoms with van der Waals surface area (Å²) < 4.78 is 0. The summed E-state index contributed by atoms with van der Waals surface area (Å²) in [6.07, 6.45) is 6.19. The number of carbonyl (C=O) groups is 1. The molecule has 1 atom stereocenters. The molecule has 1 unspecified atom stereocenters. The maximum atomic E-state index is 11.6. The normalized spacial score (nSPS) is 21.2. The van der Waals surface area contributed by atoms with Crippen LogP contribution in [-0.4, -0.2) is 29.0 Å². The topological polar surface area (TPSA) is 69.8 Å². The van der Waals surface area contributed by atoms with Gasteiger partial charge >= 0.3 is 0 Å². The molecule has 1 saturated heterocycles. The van der Waals surface area contributed by atoms with E-state index < -0.39 is 0 Å². The van der Waals surface area contributed by atoms with Gasteiger partial charge in [0.1, 0.15) is 0 Å². The number of piperidine rings is 1. The monoisotopic (exact) mass is 208 g/mol. The lowest BCUT2D eigenvalue weighted by Crippen LogP contribution is -2.32. The Morgan fingerprint density at radius 2 is 2.60 bits per heavy atom. The average Bonchev–Trinajstić information content (AvgIpc) is 2.71. The average molecular weight is 208 g/mol. The molecule has 3 N–H and O–H groups in total. The van der Waals surface area contributed by atoms with E-state index in [0.717, 1.165) is 19.5 Å². The molecule has 5 nitrogen and oxygen atoms in total. The van der Waals surface area contributed by atoms with Crippen molar-refractivity contribution in [2.75, 3.05) is 18.4 Å². The lowest BCUT2D eigenvalue weighted by Gasteiger charge is -2.21. The standard InChI is InChI=1S/C10H16N4O/c15-9(14-10-12-4-5-13-10)6-8-2-1-3-11-7-8/h4-5,8,11H,1-3,6-7H2,(H2,12,13,14,15). The lowest BCUT2D eigenvalue weighted by molar-refractivity contribution is -0.117. The van der Waals surface area contributed by atoms with Gasteiger partial charge in [-0.25, -0.2) is 4.98 Å². The Morgan fingerprint density at radius 1 is 1.67 bits per heavy atom. The molecule has 1 aliphatic heterocycles. The van der Waals surface area contributed by atoms with Crippen LogP contribution in [0.25, 0.3) is 0 Å². The van der Waals surface area contributed by atoms with E-state index in [1.165, 1.54) is 6.42 Å². The van der Waals surface area contributed by atoms with Gasteiger partial charge in [0.15, 0.2) is 0 Å². The highest BCUT2D eigenvalue weighted by atomic mass is 16.1. The quantitative estimate of drug-likeness (QED) is 0.686. The Hall–Kier alpha value is -1.36. The summed E-state index contributed by atoms with van der Waals surface area (Å²) in [5, 5.41) is 6.03. The van der Waals surface area contributed by atoms with Crippen molar-refractivity contribution in [2.24, 2.45) is 5.92 Å². The molecule has 1 aromatic rings. The fraction of sp³-hybridized carbons (Fsp3) is 0.600. The van der Waals surface area contributed by atoms with E-state index in [1.54, 1.807) is 12.4 Å². The summed E-state index contributed by atoms with van der Waals surface area (Å²) in [6, 6.07) is 0. The number of hydrogen-bond donors (Lipinski definition) is 3. The third kappa shape index (κ3) is 3.06. The summed E-state index contributed by atoms with van der Waals surface area (Å²) in [7, 11) is 0. The van der Waals surface area contributed by atoms with E-state index in [-0.39, 0.29) is 5.91 Å². The van der Waals surface area contributed by atoms with Gasteiger partial charge in [0.25, 0.3) is 0 Å². The molecule has 0 aliphatic carbocycles. The molecule has 0 radical (unpaired) electrons. The van der Waals surface area contributed by atoms with Crippen LogP contribution in [0.2, 0.25) is 0 Å².